The molecule has 3 rings (SSSR count). The van der Waals surface area contributed by atoms with Crippen LogP contribution in [0, 0.1) is 17.8 Å². The molecular formula is C35H50O7. The van der Waals surface area contributed by atoms with Crippen molar-refractivity contribution < 1.29 is 33.6 Å². The Labute approximate surface area is 252 Å². The SMILES string of the molecule is COc1ccc(CO[C@@H](C/C=C(\C)[C@H](O)[C@@H](C)[C@@H]2CC[C@H](C)[C@H](OCc3ccc(OC)cc3)CC(=O)O2)C(C)C)cc1. The van der Waals surface area contributed by atoms with E-state index in [2.05, 4.69) is 26.8 Å². The second-order valence-corrected chi connectivity index (χ2v) is 11.9. The van der Waals surface area contributed by atoms with Gasteiger partial charge in [-0.05, 0) is 79.0 Å². The van der Waals surface area contributed by atoms with E-state index < -0.39 is 6.10 Å². The molecule has 0 spiro atoms. The lowest BCUT2D eigenvalue weighted by Crippen LogP contribution is -2.38. The fourth-order valence-corrected chi connectivity index (χ4v) is 5.27. The number of carbonyl (C=O) groups excluding carboxylic acids is 1. The average Bonchev–Trinajstić information content (AvgIpc) is 2.99. The Morgan fingerprint density at radius 1 is 0.952 bits per heavy atom. The molecule has 2 aromatic carbocycles. The topological polar surface area (TPSA) is 83.5 Å². The maximum absolute atomic E-state index is 12.9. The fraction of sp³-hybridized carbons (Fsp3) is 0.571. The smallest absolute Gasteiger partial charge is 0.308 e. The van der Waals surface area contributed by atoms with Crippen molar-refractivity contribution in [3.63, 3.8) is 0 Å². The van der Waals surface area contributed by atoms with Gasteiger partial charge in [0, 0.05) is 5.92 Å². The summed E-state index contributed by atoms with van der Waals surface area (Å²) in [7, 11) is 3.30. The van der Waals surface area contributed by atoms with Gasteiger partial charge in [0.05, 0.1) is 52.2 Å². The molecular weight excluding hydrogens is 532 g/mol. The van der Waals surface area contributed by atoms with E-state index in [0.717, 1.165) is 34.6 Å². The van der Waals surface area contributed by atoms with Crippen molar-refractivity contribution in [3.8, 4) is 11.5 Å². The second kappa shape index (κ2) is 16.7. The molecule has 0 aliphatic carbocycles. The van der Waals surface area contributed by atoms with E-state index >= 15 is 0 Å². The molecule has 1 aliphatic heterocycles. The third-order valence-corrected chi connectivity index (χ3v) is 8.40. The Morgan fingerprint density at radius 3 is 2.07 bits per heavy atom. The van der Waals surface area contributed by atoms with Crippen LogP contribution in [0.1, 0.15) is 71.4 Å². The summed E-state index contributed by atoms with van der Waals surface area (Å²) in [5.74, 6) is 1.62. The van der Waals surface area contributed by atoms with Crippen LogP contribution in [0.15, 0.2) is 60.2 Å². The largest absolute Gasteiger partial charge is 0.497 e. The van der Waals surface area contributed by atoms with Crippen molar-refractivity contribution in [2.45, 2.75) is 97.9 Å². The lowest BCUT2D eigenvalue weighted by Gasteiger charge is -2.34. The van der Waals surface area contributed by atoms with Gasteiger partial charge in [0.25, 0.3) is 0 Å². The number of cyclic esters (lactones) is 1. The first kappa shape index (κ1) is 33.6. The predicted molar refractivity (Wildman–Crippen MR) is 164 cm³/mol. The van der Waals surface area contributed by atoms with Gasteiger partial charge in [-0.1, -0.05) is 58.0 Å². The van der Waals surface area contributed by atoms with Gasteiger partial charge < -0.3 is 28.8 Å². The third-order valence-electron chi connectivity index (χ3n) is 8.40. The zero-order chi connectivity index (χ0) is 30.6. The monoisotopic (exact) mass is 582 g/mol. The molecule has 42 heavy (non-hydrogen) atoms. The summed E-state index contributed by atoms with van der Waals surface area (Å²) < 4.78 is 28.7. The summed E-state index contributed by atoms with van der Waals surface area (Å²) in [6.45, 7) is 11.3. The van der Waals surface area contributed by atoms with Crippen LogP contribution in [-0.2, 0) is 32.2 Å². The number of esters is 1. The summed E-state index contributed by atoms with van der Waals surface area (Å²) in [6, 6.07) is 15.6. The summed E-state index contributed by atoms with van der Waals surface area (Å²) in [6.07, 6.45) is 3.22. The van der Waals surface area contributed by atoms with Gasteiger partial charge in [0.2, 0.25) is 0 Å². The summed E-state index contributed by atoms with van der Waals surface area (Å²) >= 11 is 0. The van der Waals surface area contributed by atoms with Crippen molar-refractivity contribution in [2.24, 2.45) is 17.8 Å². The quantitative estimate of drug-likeness (QED) is 0.192. The number of ether oxygens (including phenoxy) is 5. The second-order valence-electron chi connectivity index (χ2n) is 11.9. The molecule has 7 nitrogen and oxygen atoms in total. The van der Waals surface area contributed by atoms with E-state index in [1.807, 2.05) is 62.4 Å². The minimum absolute atomic E-state index is 0.0134. The standard InChI is InChI=1S/C35H50O7/c1-23(2)31(40-21-27-10-14-29(38-6)15-11-27)18-9-25(4)35(37)26(5)32-19-8-24(3)33(20-34(36)42-32)41-22-28-12-16-30(39-7)17-13-28/h9-17,23-24,26,31-33,35,37H,8,18-22H2,1-7H3/b25-9+/t24-,26-,31-,32-,33+,35-/m0/s1. The molecule has 0 unspecified atom stereocenters. The van der Waals surface area contributed by atoms with Gasteiger partial charge in [0.15, 0.2) is 0 Å². The predicted octanol–water partition coefficient (Wildman–Crippen LogP) is 6.90. The molecule has 1 saturated heterocycles. The Morgan fingerprint density at radius 2 is 1.52 bits per heavy atom. The fourth-order valence-electron chi connectivity index (χ4n) is 5.27. The van der Waals surface area contributed by atoms with Gasteiger partial charge in [0.1, 0.15) is 17.6 Å². The Balaban J connectivity index is 1.52. The van der Waals surface area contributed by atoms with Gasteiger partial charge >= 0.3 is 5.97 Å². The van der Waals surface area contributed by atoms with Crippen molar-refractivity contribution in [1.29, 1.82) is 0 Å². The van der Waals surface area contributed by atoms with Crippen LogP contribution in [0.5, 0.6) is 11.5 Å². The Bertz CT molecular complexity index is 1110. The number of carbonyl (C=O) groups is 1. The van der Waals surface area contributed by atoms with Crippen molar-refractivity contribution in [1.82, 2.24) is 0 Å². The molecule has 6 atom stereocenters. The number of aliphatic hydroxyl groups excluding tert-OH is 1. The number of rotatable bonds is 14. The van der Waals surface area contributed by atoms with Gasteiger partial charge in [-0.15, -0.1) is 0 Å². The number of hydrogen-bond donors (Lipinski definition) is 1. The first-order chi connectivity index (χ1) is 20.1. The Kier molecular flexibility index (Phi) is 13.4. The normalized spacial score (nSPS) is 22.1. The zero-order valence-corrected chi connectivity index (χ0v) is 26.4. The van der Waals surface area contributed by atoms with Gasteiger partial charge in [-0.2, -0.15) is 0 Å². The molecule has 232 valence electrons. The highest BCUT2D eigenvalue weighted by molar-refractivity contribution is 5.70. The Hall–Kier alpha value is -2.87. The molecule has 0 amide bonds. The van der Waals surface area contributed by atoms with Crippen LogP contribution in [-0.4, -0.2) is 49.7 Å². The zero-order valence-electron chi connectivity index (χ0n) is 26.4. The number of methoxy groups -OCH3 is 2. The number of hydrogen-bond acceptors (Lipinski definition) is 7. The number of aliphatic hydroxyl groups is 1. The molecule has 0 saturated carbocycles. The maximum Gasteiger partial charge on any atom is 0.308 e. The van der Waals surface area contributed by atoms with Crippen LogP contribution < -0.4 is 9.47 Å². The number of benzene rings is 2. The molecule has 7 heteroatoms. The third kappa shape index (κ3) is 10.1. The first-order valence-electron chi connectivity index (χ1n) is 15.1. The van der Waals surface area contributed by atoms with E-state index in [9.17, 15) is 9.90 Å². The van der Waals surface area contributed by atoms with Crippen molar-refractivity contribution in [2.75, 3.05) is 14.2 Å². The molecule has 1 aliphatic rings. The van der Waals surface area contributed by atoms with E-state index in [4.69, 9.17) is 23.7 Å². The highest BCUT2D eigenvalue weighted by atomic mass is 16.5. The van der Waals surface area contributed by atoms with Gasteiger partial charge in [-0.3, -0.25) is 4.79 Å². The lowest BCUT2D eigenvalue weighted by atomic mass is 9.85. The van der Waals surface area contributed by atoms with Crippen LogP contribution in [0.3, 0.4) is 0 Å². The van der Waals surface area contributed by atoms with Crippen molar-refractivity contribution >= 4 is 5.97 Å². The molecule has 2 aromatic rings. The van der Waals surface area contributed by atoms with E-state index in [0.29, 0.717) is 32.0 Å². The lowest BCUT2D eigenvalue weighted by molar-refractivity contribution is -0.161. The van der Waals surface area contributed by atoms with Crippen molar-refractivity contribution in [3.05, 3.63) is 71.3 Å². The van der Waals surface area contributed by atoms with Gasteiger partial charge in [-0.25, -0.2) is 0 Å². The summed E-state index contributed by atoms with van der Waals surface area (Å²) in [5.41, 5.74) is 2.98. The average molecular weight is 583 g/mol. The van der Waals surface area contributed by atoms with Crippen LogP contribution in [0.4, 0.5) is 0 Å². The van der Waals surface area contributed by atoms with E-state index in [1.165, 1.54) is 0 Å². The molecule has 1 N–H and O–H groups in total. The molecule has 1 heterocycles. The minimum Gasteiger partial charge on any atom is -0.497 e. The highest BCUT2D eigenvalue weighted by Gasteiger charge is 2.33. The molecule has 0 aromatic heterocycles. The van der Waals surface area contributed by atoms with Crippen LogP contribution in [0.25, 0.3) is 0 Å². The summed E-state index contributed by atoms with van der Waals surface area (Å²) in [5, 5.41) is 11.2. The molecule has 0 bridgehead atoms. The van der Waals surface area contributed by atoms with Crippen LogP contribution in [0.2, 0.25) is 0 Å². The van der Waals surface area contributed by atoms with E-state index in [1.54, 1.807) is 14.2 Å². The first-order valence-corrected chi connectivity index (χ1v) is 15.1. The van der Waals surface area contributed by atoms with E-state index in [-0.39, 0.29) is 42.5 Å². The highest BCUT2D eigenvalue weighted by Crippen LogP contribution is 2.30. The molecule has 1 fully saturated rings. The van der Waals surface area contributed by atoms with Crippen LogP contribution >= 0.6 is 0 Å². The summed E-state index contributed by atoms with van der Waals surface area (Å²) in [4.78, 5) is 12.9. The molecule has 0 radical (unpaired) electrons. The minimum atomic E-state index is -0.714. The maximum atomic E-state index is 12.9.